The van der Waals surface area contributed by atoms with Gasteiger partial charge < -0.3 is 0 Å². The van der Waals surface area contributed by atoms with Crippen LogP contribution in [0.25, 0.3) is 0 Å². The van der Waals surface area contributed by atoms with Gasteiger partial charge in [-0.05, 0) is 73.2 Å². The summed E-state index contributed by atoms with van der Waals surface area (Å²) in [6.07, 6.45) is -0.0499. The smallest absolute Gasteiger partial charge is 0.262 e. The number of pyridine rings is 2. The molecule has 2 nitrogen and oxygen atoms in total. The molecule has 0 aliphatic heterocycles. The molecular formula is C11H5BrClF3I2N2. The van der Waals surface area contributed by atoms with Crippen LogP contribution in [0.2, 0.25) is 5.15 Å². The van der Waals surface area contributed by atoms with E-state index in [0.717, 1.165) is 14.2 Å². The second-order valence-electron chi connectivity index (χ2n) is 3.31. The summed E-state index contributed by atoms with van der Waals surface area (Å²) < 4.78 is 38.5. The van der Waals surface area contributed by atoms with Crippen molar-refractivity contribution in [3.8, 4) is 0 Å². The molecule has 0 atom stereocenters. The fraction of sp³-hybridized carbons (Fsp3) is 0.0909. The topological polar surface area (TPSA) is 25.8 Å². The van der Waals surface area contributed by atoms with Gasteiger partial charge in [0.2, 0.25) is 0 Å². The summed E-state index contributed by atoms with van der Waals surface area (Å²) in [7, 11) is 0. The van der Waals surface area contributed by atoms with Crippen LogP contribution in [0.4, 0.5) is 13.2 Å². The van der Waals surface area contributed by atoms with Crippen molar-refractivity contribution in [2.45, 2.75) is 6.18 Å². The van der Waals surface area contributed by atoms with Gasteiger partial charge in [0, 0.05) is 30.2 Å². The van der Waals surface area contributed by atoms with Crippen molar-refractivity contribution in [1.82, 2.24) is 9.97 Å². The van der Waals surface area contributed by atoms with E-state index in [1.165, 1.54) is 6.07 Å². The third-order valence-corrected chi connectivity index (χ3v) is 3.92. The van der Waals surface area contributed by atoms with Crippen molar-refractivity contribution in [3.05, 3.63) is 53.1 Å². The molecule has 0 aromatic carbocycles. The Balaban J connectivity index is 0.000000217. The van der Waals surface area contributed by atoms with Gasteiger partial charge in [0.25, 0.3) is 0 Å². The third kappa shape index (κ3) is 6.39. The molecule has 0 saturated carbocycles. The SMILES string of the molecule is Brc1cncc(I)c1.FC(F)(F)c1cnc(Cl)cc1I. The zero-order valence-electron chi connectivity index (χ0n) is 9.43. The fourth-order valence-corrected chi connectivity index (χ4v) is 3.37. The van der Waals surface area contributed by atoms with E-state index in [0.29, 0.717) is 0 Å². The lowest BCUT2D eigenvalue weighted by Crippen LogP contribution is -2.07. The minimum Gasteiger partial charge on any atom is -0.262 e. The van der Waals surface area contributed by atoms with Crippen molar-refractivity contribution < 1.29 is 13.2 Å². The van der Waals surface area contributed by atoms with Crippen molar-refractivity contribution in [2.24, 2.45) is 0 Å². The fourth-order valence-electron chi connectivity index (χ4n) is 1.00. The highest BCUT2D eigenvalue weighted by Crippen LogP contribution is 2.32. The molecule has 0 unspecified atom stereocenters. The van der Waals surface area contributed by atoms with Gasteiger partial charge in [0.15, 0.2) is 0 Å². The van der Waals surface area contributed by atoms with Crippen LogP contribution >= 0.6 is 72.7 Å². The van der Waals surface area contributed by atoms with E-state index in [-0.39, 0.29) is 8.72 Å². The molecule has 9 heteroatoms. The first-order valence-electron chi connectivity index (χ1n) is 4.84. The van der Waals surface area contributed by atoms with E-state index in [1.807, 2.05) is 12.3 Å². The first-order chi connectivity index (χ1) is 9.20. The molecule has 2 aromatic heterocycles. The predicted molar refractivity (Wildman–Crippen MR) is 91.6 cm³/mol. The van der Waals surface area contributed by atoms with Gasteiger partial charge in [0.05, 0.1) is 5.56 Å². The molecule has 2 aromatic rings. The van der Waals surface area contributed by atoms with Crippen molar-refractivity contribution in [1.29, 1.82) is 0 Å². The third-order valence-electron chi connectivity index (χ3n) is 1.80. The van der Waals surface area contributed by atoms with E-state index < -0.39 is 11.7 Å². The zero-order chi connectivity index (χ0) is 15.3. The Morgan fingerprint density at radius 3 is 2.15 bits per heavy atom. The zero-order valence-corrected chi connectivity index (χ0v) is 16.1. The van der Waals surface area contributed by atoms with Crippen LogP contribution in [-0.2, 0) is 6.18 Å². The molecule has 20 heavy (non-hydrogen) atoms. The van der Waals surface area contributed by atoms with Crippen LogP contribution in [-0.4, -0.2) is 9.97 Å². The Labute approximate surface area is 153 Å². The first-order valence-corrected chi connectivity index (χ1v) is 8.17. The molecule has 0 fully saturated rings. The van der Waals surface area contributed by atoms with Gasteiger partial charge >= 0.3 is 6.18 Å². The van der Waals surface area contributed by atoms with Crippen LogP contribution < -0.4 is 0 Å². The lowest BCUT2D eigenvalue weighted by Gasteiger charge is -2.07. The van der Waals surface area contributed by atoms with Crippen LogP contribution in [0.3, 0.4) is 0 Å². The van der Waals surface area contributed by atoms with E-state index >= 15 is 0 Å². The molecule has 0 aliphatic carbocycles. The molecule has 0 saturated heterocycles. The Morgan fingerprint density at radius 1 is 1.10 bits per heavy atom. The van der Waals surface area contributed by atoms with Crippen LogP contribution in [0.5, 0.6) is 0 Å². The van der Waals surface area contributed by atoms with Gasteiger partial charge in [-0.2, -0.15) is 13.2 Å². The van der Waals surface area contributed by atoms with E-state index in [4.69, 9.17) is 11.6 Å². The number of hydrogen-bond donors (Lipinski definition) is 0. The summed E-state index contributed by atoms with van der Waals surface area (Å²) in [5, 5.41) is 0.0624. The number of hydrogen-bond acceptors (Lipinski definition) is 2. The summed E-state index contributed by atoms with van der Waals surface area (Å²) >= 11 is 12.5. The number of nitrogens with zero attached hydrogens (tertiary/aromatic N) is 2. The van der Waals surface area contributed by atoms with Gasteiger partial charge in [-0.1, -0.05) is 11.6 Å². The summed E-state index contributed by atoms with van der Waals surface area (Å²) in [6, 6.07) is 3.18. The second kappa shape index (κ2) is 8.08. The minimum absolute atomic E-state index is 0.0556. The number of alkyl halides is 3. The van der Waals surface area contributed by atoms with Crippen molar-refractivity contribution in [3.63, 3.8) is 0 Å². The quantitative estimate of drug-likeness (QED) is 0.286. The van der Waals surface area contributed by atoms with E-state index in [9.17, 15) is 13.2 Å². The molecule has 2 heterocycles. The summed E-state index contributed by atoms with van der Waals surface area (Å²) in [4.78, 5) is 7.28. The molecular weight excluding hydrogens is 586 g/mol. The normalized spacial score (nSPS) is 10.8. The lowest BCUT2D eigenvalue weighted by atomic mass is 10.3. The Morgan fingerprint density at radius 2 is 1.75 bits per heavy atom. The molecule has 0 spiro atoms. The lowest BCUT2D eigenvalue weighted by molar-refractivity contribution is -0.138. The highest BCUT2D eigenvalue weighted by molar-refractivity contribution is 14.1. The largest absolute Gasteiger partial charge is 0.418 e. The molecule has 0 amide bonds. The minimum atomic E-state index is -4.35. The maximum atomic E-state index is 12.1. The second-order valence-corrected chi connectivity index (χ2v) is 7.02. The molecule has 2 rings (SSSR count). The average Bonchev–Trinajstić information content (AvgIpc) is 2.27. The highest BCUT2D eigenvalue weighted by Gasteiger charge is 2.33. The van der Waals surface area contributed by atoms with Crippen LogP contribution in [0, 0.1) is 7.14 Å². The van der Waals surface area contributed by atoms with Gasteiger partial charge in [-0.3, -0.25) is 4.98 Å². The van der Waals surface area contributed by atoms with Gasteiger partial charge in [-0.25, -0.2) is 4.98 Å². The summed E-state index contributed by atoms with van der Waals surface area (Å²) in [6.45, 7) is 0. The average molecular weight is 591 g/mol. The van der Waals surface area contributed by atoms with Crippen LogP contribution in [0.1, 0.15) is 5.56 Å². The first kappa shape index (κ1) is 18.4. The number of rotatable bonds is 0. The molecule has 108 valence electrons. The van der Waals surface area contributed by atoms with Crippen molar-refractivity contribution in [2.75, 3.05) is 0 Å². The summed E-state index contributed by atoms with van der Waals surface area (Å²) in [5.74, 6) is 0. The number of aromatic nitrogens is 2. The number of halogens is 7. The highest BCUT2D eigenvalue weighted by atomic mass is 127. The predicted octanol–water partition coefficient (Wildman–Crippen LogP) is 5.81. The Kier molecular flexibility index (Phi) is 7.43. The molecule has 0 N–H and O–H groups in total. The maximum absolute atomic E-state index is 12.1. The maximum Gasteiger partial charge on any atom is 0.418 e. The molecule has 0 radical (unpaired) electrons. The monoisotopic (exact) mass is 590 g/mol. The Bertz CT molecular complexity index is 579. The summed E-state index contributed by atoms with van der Waals surface area (Å²) in [5.41, 5.74) is -0.757. The van der Waals surface area contributed by atoms with E-state index in [1.54, 1.807) is 28.8 Å². The standard InChI is InChI=1S/C6H2ClF3IN.C5H3BrIN/c7-5-1-4(11)3(2-12-5)6(8,9)10;6-4-1-5(7)3-8-2-4/h1-2H;1-3H. The van der Waals surface area contributed by atoms with Crippen molar-refractivity contribution >= 4 is 72.7 Å². The van der Waals surface area contributed by atoms with E-state index in [2.05, 4.69) is 48.5 Å². The van der Waals surface area contributed by atoms with Gasteiger partial charge in [0.1, 0.15) is 5.15 Å². The molecule has 0 aliphatic rings. The van der Waals surface area contributed by atoms with Crippen LogP contribution in [0.15, 0.2) is 35.2 Å². The molecule has 0 bridgehead atoms. The Hall–Kier alpha value is 0.320. The van der Waals surface area contributed by atoms with Gasteiger partial charge in [-0.15, -0.1) is 0 Å².